The molecular formula is C15H22BrN. The molecule has 2 heteroatoms. The van der Waals surface area contributed by atoms with Crippen molar-refractivity contribution in [2.75, 3.05) is 7.05 Å². The van der Waals surface area contributed by atoms with Gasteiger partial charge in [0.05, 0.1) is 0 Å². The van der Waals surface area contributed by atoms with Gasteiger partial charge in [0.2, 0.25) is 0 Å². The summed E-state index contributed by atoms with van der Waals surface area (Å²) in [4.78, 5) is 0. The minimum Gasteiger partial charge on any atom is -0.313 e. The summed E-state index contributed by atoms with van der Waals surface area (Å²) in [5.74, 6) is 1.66. The average molecular weight is 296 g/mol. The highest BCUT2D eigenvalue weighted by molar-refractivity contribution is 9.10. The quantitative estimate of drug-likeness (QED) is 0.863. The van der Waals surface area contributed by atoms with Gasteiger partial charge in [0.1, 0.15) is 0 Å². The monoisotopic (exact) mass is 295 g/mol. The highest BCUT2D eigenvalue weighted by atomic mass is 79.9. The van der Waals surface area contributed by atoms with Crippen molar-refractivity contribution in [2.45, 2.75) is 38.6 Å². The lowest BCUT2D eigenvalue weighted by atomic mass is 9.77. The molecule has 1 fully saturated rings. The first-order chi connectivity index (χ1) is 8.22. The second kappa shape index (κ2) is 6.01. The van der Waals surface area contributed by atoms with E-state index in [1.165, 1.54) is 35.7 Å². The molecule has 0 bridgehead atoms. The molecule has 17 heavy (non-hydrogen) atoms. The van der Waals surface area contributed by atoms with Crippen molar-refractivity contribution in [3.05, 3.63) is 34.3 Å². The Morgan fingerprint density at radius 3 is 2.71 bits per heavy atom. The molecule has 1 N–H and O–H groups in total. The zero-order chi connectivity index (χ0) is 12.3. The summed E-state index contributed by atoms with van der Waals surface area (Å²) in [5, 5.41) is 3.52. The standard InChI is InChI=1S/C15H22BrN/c1-11-6-5-7-12(10-11)15(17-2)13-8-3-4-9-14(13)16/h3-4,8-9,11-12,15,17H,5-7,10H2,1-2H3. The molecule has 1 nitrogen and oxygen atoms in total. The predicted octanol–water partition coefficient (Wildman–Crippen LogP) is 4.54. The topological polar surface area (TPSA) is 12.0 Å². The van der Waals surface area contributed by atoms with E-state index in [4.69, 9.17) is 0 Å². The highest BCUT2D eigenvalue weighted by Gasteiger charge is 2.27. The van der Waals surface area contributed by atoms with Crippen LogP contribution in [0, 0.1) is 11.8 Å². The van der Waals surface area contributed by atoms with Crippen LogP contribution >= 0.6 is 15.9 Å². The third-order valence-electron chi connectivity index (χ3n) is 4.00. The lowest BCUT2D eigenvalue weighted by molar-refractivity contribution is 0.229. The minimum atomic E-state index is 0.494. The normalized spacial score (nSPS) is 26.8. The van der Waals surface area contributed by atoms with E-state index in [1.807, 2.05) is 0 Å². The molecule has 0 aromatic heterocycles. The van der Waals surface area contributed by atoms with Gasteiger partial charge in [-0.1, -0.05) is 53.9 Å². The summed E-state index contributed by atoms with van der Waals surface area (Å²) >= 11 is 3.68. The Morgan fingerprint density at radius 1 is 1.29 bits per heavy atom. The fourth-order valence-electron chi connectivity index (χ4n) is 3.16. The van der Waals surface area contributed by atoms with Crippen molar-refractivity contribution in [3.63, 3.8) is 0 Å². The molecule has 1 aromatic carbocycles. The van der Waals surface area contributed by atoms with Crippen LogP contribution in [0.3, 0.4) is 0 Å². The van der Waals surface area contributed by atoms with E-state index in [0.29, 0.717) is 6.04 Å². The molecule has 1 aliphatic carbocycles. The molecule has 3 unspecified atom stereocenters. The first-order valence-corrected chi connectivity index (χ1v) is 7.43. The lowest BCUT2D eigenvalue weighted by Gasteiger charge is -2.33. The summed E-state index contributed by atoms with van der Waals surface area (Å²) < 4.78 is 1.23. The van der Waals surface area contributed by atoms with Crippen molar-refractivity contribution in [1.29, 1.82) is 0 Å². The van der Waals surface area contributed by atoms with Crippen LogP contribution in [0.5, 0.6) is 0 Å². The first-order valence-electron chi connectivity index (χ1n) is 6.64. The fourth-order valence-corrected chi connectivity index (χ4v) is 3.69. The molecule has 0 aliphatic heterocycles. The van der Waals surface area contributed by atoms with Gasteiger partial charge in [0.25, 0.3) is 0 Å². The van der Waals surface area contributed by atoms with Gasteiger partial charge >= 0.3 is 0 Å². The maximum Gasteiger partial charge on any atom is 0.0357 e. The van der Waals surface area contributed by atoms with Crippen molar-refractivity contribution in [3.8, 4) is 0 Å². The van der Waals surface area contributed by atoms with Gasteiger partial charge < -0.3 is 5.32 Å². The van der Waals surface area contributed by atoms with Crippen molar-refractivity contribution >= 4 is 15.9 Å². The summed E-state index contributed by atoms with van der Waals surface area (Å²) in [6, 6.07) is 9.10. The Morgan fingerprint density at radius 2 is 2.06 bits per heavy atom. The molecule has 0 saturated heterocycles. The smallest absolute Gasteiger partial charge is 0.0357 e. The predicted molar refractivity (Wildman–Crippen MR) is 77.1 cm³/mol. The van der Waals surface area contributed by atoms with Crippen molar-refractivity contribution < 1.29 is 0 Å². The van der Waals surface area contributed by atoms with Gasteiger partial charge in [-0.15, -0.1) is 0 Å². The van der Waals surface area contributed by atoms with Crippen LogP contribution in [-0.2, 0) is 0 Å². The van der Waals surface area contributed by atoms with Crippen LogP contribution in [0.4, 0.5) is 0 Å². The number of halogens is 1. The number of benzene rings is 1. The summed E-state index contributed by atoms with van der Waals surface area (Å²) in [6.45, 7) is 2.39. The average Bonchev–Trinajstić information content (AvgIpc) is 2.33. The lowest BCUT2D eigenvalue weighted by Crippen LogP contribution is -2.29. The van der Waals surface area contributed by atoms with E-state index in [2.05, 4.69) is 59.5 Å². The van der Waals surface area contributed by atoms with Crippen molar-refractivity contribution in [2.24, 2.45) is 11.8 Å². The largest absolute Gasteiger partial charge is 0.313 e. The van der Waals surface area contributed by atoms with Gasteiger partial charge in [-0.3, -0.25) is 0 Å². The van der Waals surface area contributed by atoms with E-state index in [9.17, 15) is 0 Å². The number of hydrogen-bond donors (Lipinski definition) is 1. The Bertz CT molecular complexity index is 364. The maximum atomic E-state index is 3.68. The summed E-state index contributed by atoms with van der Waals surface area (Å²) in [6.07, 6.45) is 5.50. The molecular weight excluding hydrogens is 274 g/mol. The molecule has 0 spiro atoms. The molecule has 1 aromatic rings. The van der Waals surface area contributed by atoms with E-state index < -0.39 is 0 Å². The van der Waals surface area contributed by atoms with E-state index in [0.717, 1.165) is 11.8 Å². The Balaban J connectivity index is 2.18. The van der Waals surface area contributed by atoms with E-state index in [-0.39, 0.29) is 0 Å². The van der Waals surface area contributed by atoms with Crippen LogP contribution in [-0.4, -0.2) is 7.05 Å². The van der Waals surface area contributed by atoms with Crippen LogP contribution in [0.1, 0.15) is 44.2 Å². The van der Waals surface area contributed by atoms with Gasteiger partial charge in [0, 0.05) is 10.5 Å². The number of nitrogens with one attached hydrogen (secondary N) is 1. The minimum absolute atomic E-state index is 0.494. The first kappa shape index (κ1) is 13.1. The van der Waals surface area contributed by atoms with Crippen LogP contribution in [0.2, 0.25) is 0 Å². The highest BCUT2D eigenvalue weighted by Crippen LogP contribution is 2.38. The van der Waals surface area contributed by atoms with Crippen molar-refractivity contribution in [1.82, 2.24) is 5.32 Å². The van der Waals surface area contributed by atoms with Gasteiger partial charge in [-0.2, -0.15) is 0 Å². The summed E-state index contributed by atoms with van der Waals surface area (Å²) in [5.41, 5.74) is 1.41. The Kier molecular flexibility index (Phi) is 4.63. The van der Waals surface area contributed by atoms with E-state index >= 15 is 0 Å². The zero-order valence-corrected chi connectivity index (χ0v) is 12.3. The summed E-state index contributed by atoms with van der Waals surface area (Å²) in [7, 11) is 2.09. The van der Waals surface area contributed by atoms with Gasteiger partial charge in [0.15, 0.2) is 0 Å². The Labute approximate surface area is 113 Å². The molecule has 94 valence electrons. The van der Waals surface area contributed by atoms with Crippen LogP contribution < -0.4 is 5.32 Å². The number of rotatable bonds is 3. The van der Waals surface area contributed by atoms with Crippen LogP contribution in [0.25, 0.3) is 0 Å². The van der Waals surface area contributed by atoms with Gasteiger partial charge in [-0.05, 0) is 43.4 Å². The fraction of sp³-hybridized carbons (Fsp3) is 0.600. The zero-order valence-electron chi connectivity index (χ0n) is 10.7. The molecule has 0 amide bonds. The molecule has 0 heterocycles. The Hall–Kier alpha value is -0.340. The second-order valence-corrected chi connectivity index (χ2v) is 6.17. The molecule has 1 saturated carbocycles. The molecule has 3 atom stereocenters. The number of hydrogen-bond acceptors (Lipinski definition) is 1. The maximum absolute atomic E-state index is 3.68. The molecule has 0 radical (unpaired) electrons. The molecule has 2 rings (SSSR count). The third-order valence-corrected chi connectivity index (χ3v) is 4.72. The SMILES string of the molecule is CNC(c1ccccc1Br)C1CCCC(C)C1. The molecule has 1 aliphatic rings. The van der Waals surface area contributed by atoms with Gasteiger partial charge in [-0.25, -0.2) is 0 Å². The second-order valence-electron chi connectivity index (χ2n) is 5.32. The van der Waals surface area contributed by atoms with E-state index in [1.54, 1.807) is 0 Å². The van der Waals surface area contributed by atoms with Crippen LogP contribution in [0.15, 0.2) is 28.7 Å². The third kappa shape index (κ3) is 3.11.